The van der Waals surface area contributed by atoms with Crippen molar-refractivity contribution in [1.29, 1.82) is 0 Å². The number of nitrogens with zero attached hydrogens (tertiary/aromatic N) is 2. The van der Waals surface area contributed by atoms with E-state index in [1.54, 1.807) is 24.3 Å². The molecule has 4 N–H and O–H groups in total. The Morgan fingerprint density at radius 3 is 2.35 bits per heavy atom. The van der Waals surface area contributed by atoms with Gasteiger partial charge in [-0.3, -0.25) is 14.9 Å². The molecule has 1 aliphatic heterocycles. The number of sulfonamides is 1. The van der Waals surface area contributed by atoms with Gasteiger partial charge in [0.25, 0.3) is 5.69 Å². The maximum Gasteiger partial charge on any atom is 0.328 e. The summed E-state index contributed by atoms with van der Waals surface area (Å²) in [5.74, 6) is -2.24. The molecule has 0 unspecified atom stereocenters. The number of nitrogens with one attached hydrogen (secondary N) is 3. The largest absolute Gasteiger partial charge is 0.480 e. The van der Waals surface area contributed by atoms with E-state index in [0.717, 1.165) is 38.6 Å². The molecule has 37 heavy (non-hydrogen) atoms. The van der Waals surface area contributed by atoms with Gasteiger partial charge in [0, 0.05) is 29.7 Å². The van der Waals surface area contributed by atoms with E-state index in [1.807, 2.05) is 0 Å². The molecule has 3 amide bonds. The van der Waals surface area contributed by atoms with Crippen LogP contribution < -0.4 is 16.0 Å². The summed E-state index contributed by atoms with van der Waals surface area (Å²) in [7, 11) is -4.17. The van der Waals surface area contributed by atoms with Gasteiger partial charge >= 0.3 is 12.0 Å². The predicted octanol–water partition coefficient (Wildman–Crippen LogP) is 1.58. The van der Waals surface area contributed by atoms with Crippen molar-refractivity contribution in [1.82, 2.24) is 20.3 Å². The van der Waals surface area contributed by atoms with Crippen molar-refractivity contribution in [3.05, 3.63) is 68.7 Å². The Morgan fingerprint density at radius 1 is 1.11 bits per heavy atom. The predicted molar refractivity (Wildman–Crippen MR) is 134 cm³/mol. The number of non-ortho nitro benzene ring substituents is 1. The van der Waals surface area contributed by atoms with Crippen LogP contribution in [-0.4, -0.2) is 65.8 Å². The number of urea groups is 1. The van der Waals surface area contributed by atoms with Crippen LogP contribution in [0.4, 0.5) is 10.5 Å². The van der Waals surface area contributed by atoms with Crippen LogP contribution >= 0.6 is 15.9 Å². The van der Waals surface area contributed by atoms with E-state index in [4.69, 9.17) is 0 Å². The Morgan fingerprint density at radius 2 is 1.76 bits per heavy atom. The highest BCUT2D eigenvalue weighted by Gasteiger charge is 2.40. The fraction of sp³-hybridized carbons (Fsp3) is 0.318. The molecule has 0 spiro atoms. The van der Waals surface area contributed by atoms with E-state index in [2.05, 4.69) is 31.9 Å². The second-order valence-corrected chi connectivity index (χ2v) is 10.9. The summed E-state index contributed by atoms with van der Waals surface area (Å²) in [4.78, 5) is 46.6. The van der Waals surface area contributed by atoms with Gasteiger partial charge in [-0.2, -0.15) is 4.31 Å². The number of carboxylic acid groups (broad SMARTS) is 1. The molecule has 0 aromatic heterocycles. The van der Waals surface area contributed by atoms with Gasteiger partial charge in [0.2, 0.25) is 15.9 Å². The van der Waals surface area contributed by atoms with Crippen LogP contribution in [0.2, 0.25) is 0 Å². The number of nitro groups is 1. The van der Waals surface area contributed by atoms with E-state index in [-0.39, 0.29) is 30.1 Å². The Hall–Kier alpha value is -3.56. The first-order chi connectivity index (χ1) is 17.5. The third-order valence-corrected chi connectivity index (χ3v) is 8.06. The Kier molecular flexibility index (Phi) is 9.18. The monoisotopic (exact) mass is 597 g/mol. The number of carbonyl (C=O) groups excluding carboxylic acids is 2. The first kappa shape index (κ1) is 28.0. The number of rotatable bonds is 10. The lowest BCUT2D eigenvalue weighted by atomic mass is 10.2. The van der Waals surface area contributed by atoms with E-state index in [9.17, 15) is 38.0 Å². The van der Waals surface area contributed by atoms with Gasteiger partial charge in [0.1, 0.15) is 12.1 Å². The van der Waals surface area contributed by atoms with Crippen molar-refractivity contribution >= 4 is 49.5 Å². The minimum Gasteiger partial charge on any atom is -0.480 e. The molecule has 3 rings (SSSR count). The molecular weight excluding hydrogens is 574 g/mol. The summed E-state index contributed by atoms with van der Waals surface area (Å²) in [5, 5.41) is 27.6. The number of aliphatic carboxylic acids is 1. The van der Waals surface area contributed by atoms with E-state index < -0.39 is 51.5 Å². The maximum atomic E-state index is 13.1. The Bertz CT molecular complexity index is 1270. The van der Waals surface area contributed by atoms with Gasteiger partial charge in [-0.1, -0.05) is 28.1 Å². The summed E-state index contributed by atoms with van der Waals surface area (Å²) >= 11 is 3.31. The van der Waals surface area contributed by atoms with Gasteiger partial charge in [0.15, 0.2) is 0 Å². The van der Waals surface area contributed by atoms with Crippen molar-refractivity contribution in [3.8, 4) is 0 Å². The van der Waals surface area contributed by atoms with Gasteiger partial charge < -0.3 is 21.1 Å². The van der Waals surface area contributed by atoms with Crippen LogP contribution in [0.15, 0.2) is 57.9 Å². The lowest BCUT2D eigenvalue weighted by molar-refractivity contribution is -0.384. The van der Waals surface area contributed by atoms with Crippen LogP contribution in [0, 0.1) is 10.1 Å². The summed E-state index contributed by atoms with van der Waals surface area (Å²) in [6.45, 7) is -0.221. The van der Waals surface area contributed by atoms with Crippen molar-refractivity contribution in [2.24, 2.45) is 0 Å². The normalized spacial score (nSPS) is 16.5. The molecule has 2 aromatic carbocycles. The summed E-state index contributed by atoms with van der Waals surface area (Å²) in [6.07, 6.45) is 0.518. The zero-order chi connectivity index (χ0) is 27.2. The number of nitro benzene ring substituents is 1. The third kappa shape index (κ3) is 7.24. The highest BCUT2D eigenvalue weighted by atomic mass is 79.9. The zero-order valence-electron chi connectivity index (χ0n) is 19.3. The van der Waals surface area contributed by atoms with Crippen LogP contribution in [0.1, 0.15) is 18.4 Å². The van der Waals surface area contributed by atoms with E-state index >= 15 is 0 Å². The first-order valence-corrected chi connectivity index (χ1v) is 13.3. The number of halogens is 1. The average Bonchev–Trinajstić information content (AvgIpc) is 3.37. The number of hydrogen-bond acceptors (Lipinski definition) is 7. The van der Waals surface area contributed by atoms with Crippen molar-refractivity contribution in [2.45, 2.75) is 36.4 Å². The third-order valence-electron chi connectivity index (χ3n) is 5.61. The molecule has 0 radical (unpaired) electrons. The molecule has 2 atom stereocenters. The fourth-order valence-electron chi connectivity index (χ4n) is 3.67. The smallest absolute Gasteiger partial charge is 0.328 e. The SMILES string of the molecule is O=C(NCc1ccc(Br)cc1)NC[C@H](NC(=O)[C@@H]1CCCN1S(=O)(=O)c1ccc([N+](=O)[O-])cc1)C(=O)O. The Balaban J connectivity index is 1.60. The molecule has 2 aromatic rings. The van der Waals surface area contributed by atoms with Crippen molar-refractivity contribution in [3.63, 3.8) is 0 Å². The highest BCUT2D eigenvalue weighted by molar-refractivity contribution is 9.10. The average molecular weight is 598 g/mol. The first-order valence-electron chi connectivity index (χ1n) is 11.0. The minimum absolute atomic E-state index is 0.0197. The minimum atomic E-state index is -4.17. The standard InChI is InChI=1S/C22H24BrN5O8S/c23-15-5-3-14(4-6-15)12-24-22(32)25-13-18(21(30)31)26-20(29)19-2-1-11-27(19)37(35,36)17-9-7-16(8-10-17)28(33)34/h3-10,18-19H,1-2,11-13H2,(H,26,29)(H,30,31)(H2,24,25,32)/t18-,19-/m0/s1. The quantitative estimate of drug-likeness (QED) is 0.234. The number of carboxylic acids is 1. The number of amides is 3. The molecule has 1 saturated heterocycles. The van der Waals surface area contributed by atoms with Gasteiger partial charge in [-0.15, -0.1) is 0 Å². The number of benzene rings is 2. The summed E-state index contributed by atoms with van der Waals surface area (Å²) < 4.78 is 28.0. The van der Waals surface area contributed by atoms with Crippen LogP contribution in [-0.2, 0) is 26.2 Å². The molecule has 15 heteroatoms. The van der Waals surface area contributed by atoms with Gasteiger partial charge in [0.05, 0.1) is 16.4 Å². The summed E-state index contributed by atoms with van der Waals surface area (Å²) in [6, 6.07) is 8.13. The fourth-order valence-corrected chi connectivity index (χ4v) is 5.60. The van der Waals surface area contributed by atoms with Crippen LogP contribution in [0.25, 0.3) is 0 Å². The van der Waals surface area contributed by atoms with Crippen LogP contribution in [0.3, 0.4) is 0 Å². The molecular formula is C22H24BrN5O8S. The second kappa shape index (κ2) is 12.1. The number of carbonyl (C=O) groups is 3. The van der Waals surface area contributed by atoms with E-state index in [1.165, 1.54) is 0 Å². The molecule has 0 bridgehead atoms. The molecule has 0 aliphatic carbocycles. The number of hydrogen-bond donors (Lipinski definition) is 4. The molecule has 1 aliphatic rings. The van der Waals surface area contributed by atoms with Crippen molar-refractivity contribution in [2.75, 3.05) is 13.1 Å². The second-order valence-electron chi connectivity index (χ2n) is 8.11. The molecule has 1 fully saturated rings. The molecule has 13 nitrogen and oxygen atoms in total. The van der Waals surface area contributed by atoms with Crippen LogP contribution in [0.5, 0.6) is 0 Å². The van der Waals surface area contributed by atoms with Gasteiger partial charge in [-0.25, -0.2) is 18.0 Å². The summed E-state index contributed by atoms with van der Waals surface area (Å²) in [5.41, 5.74) is 0.532. The topological polar surface area (TPSA) is 188 Å². The van der Waals surface area contributed by atoms with E-state index in [0.29, 0.717) is 6.42 Å². The van der Waals surface area contributed by atoms with Crippen molar-refractivity contribution < 1.29 is 32.8 Å². The zero-order valence-corrected chi connectivity index (χ0v) is 21.7. The Labute approximate surface area is 220 Å². The molecule has 198 valence electrons. The van der Waals surface area contributed by atoms with Gasteiger partial charge in [-0.05, 0) is 42.7 Å². The molecule has 1 heterocycles. The lowest BCUT2D eigenvalue weighted by Gasteiger charge is -2.25. The molecule has 0 saturated carbocycles. The maximum absolute atomic E-state index is 13.1. The highest BCUT2D eigenvalue weighted by Crippen LogP contribution is 2.27. The lowest BCUT2D eigenvalue weighted by Crippen LogP contribution is -2.54.